The maximum Gasteiger partial charge on any atom is 0.139 e. The first-order chi connectivity index (χ1) is 12.9. The zero-order valence-electron chi connectivity index (χ0n) is 15.6. The molecule has 27 heavy (non-hydrogen) atoms. The predicted molar refractivity (Wildman–Crippen MR) is 94.6 cm³/mol. The molecule has 4 aliphatic rings. The highest BCUT2D eigenvalue weighted by molar-refractivity contribution is 5.87. The van der Waals surface area contributed by atoms with E-state index >= 15 is 0 Å². The molecule has 0 amide bonds. The first-order valence-corrected chi connectivity index (χ1v) is 10.1. The van der Waals surface area contributed by atoms with E-state index in [2.05, 4.69) is 0 Å². The van der Waals surface area contributed by atoms with Crippen LogP contribution in [0.15, 0.2) is 23.0 Å². The van der Waals surface area contributed by atoms with Crippen LogP contribution in [0.25, 0.3) is 0 Å². The quantitative estimate of drug-likeness (QED) is 0.697. The molecule has 5 rings (SSSR count). The van der Waals surface area contributed by atoms with Crippen LogP contribution in [0, 0.1) is 22.7 Å². The molecule has 6 heteroatoms. The fourth-order valence-electron chi connectivity index (χ4n) is 7.22. The molecule has 4 fully saturated rings. The lowest BCUT2D eigenvalue weighted by Gasteiger charge is -2.66. The number of carbonyl (C=O) groups excluding carboxylic acids is 1. The molecule has 1 aromatic heterocycles. The second-order valence-electron chi connectivity index (χ2n) is 9.26. The number of aliphatic hydroxyl groups excluding tert-OH is 3. The van der Waals surface area contributed by atoms with Crippen LogP contribution >= 0.6 is 0 Å². The molecule has 0 unspecified atom stereocenters. The van der Waals surface area contributed by atoms with Gasteiger partial charge in [0.1, 0.15) is 11.4 Å². The van der Waals surface area contributed by atoms with Crippen LogP contribution in [0.3, 0.4) is 0 Å². The molecular weight excluding hydrogens is 348 g/mol. The number of epoxide rings is 1. The van der Waals surface area contributed by atoms with E-state index in [1.807, 2.05) is 6.92 Å². The van der Waals surface area contributed by atoms with Gasteiger partial charge in [0.05, 0.1) is 37.4 Å². The monoisotopic (exact) mass is 376 g/mol. The second-order valence-corrected chi connectivity index (χ2v) is 9.26. The summed E-state index contributed by atoms with van der Waals surface area (Å²) in [5.74, 6) is 0.0701. The van der Waals surface area contributed by atoms with Crippen molar-refractivity contribution in [1.82, 2.24) is 0 Å². The minimum Gasteiger partial charge on any atom is -0.472 e. The van der Waals surface area contributed by atoms with Crippen molar-refractivity contribution in [3.63, 3.8) is 0 Å². The molecule has 0 aromatic carbocycles. The SMILES string of the molecule is C[C@@H]1C[C@@H](O)[C@]23CCC(=O)[C@@]1(C[C@H](O)c1ccoc1)[C@H]2CC[C@H](O)[C@]31CO1. The molecule has 6 nitrogen and oxygen atoms in total. The summed E-state index contributed by atoms with van der Waals surface area (Å²) in [4.78, 5) is 13.4. The third-order valence-corrected chi connectivity index (χ3v) is 8.55. The topological polar surface area (TPSA) is 103 Å². The van der Waals surface area contributed by atoms with Gasteiger partial charge in [-0.2, -0.15) is 0 Å². The van der Waals surface area contributed by atoms with Crippen molar-refractivity contribution in [2.24, 2.45) is 22.7 Å². The van der Waals surface area contributed by atoms with Crippen molar-refractivity contribution in [1.29, 1.82) is 0 Å². The van der Waals surface area contributed by atoms with E-state index in [4.69, 9.17) is 9.15 Å². The van der Waals surface area contributed by atoms with Crippen molar-refractivity contribution >= 4 is 5.78 Å². The Morgan fingerprint density at radius 1 is 1.30 bits per heavy atom. The highest BCUT2D eigenvalue weighted by Gasteiger charge is 2.79. The van der Waals surface area contributed by atoms with Gasteiger partial charge in [0.25, 0.3) is 0 Å². The third-order valence-electron chi connectivity index (χ3n) is 8.55. The van der Waals surface area contributed by atoms with Crippen molar-refractivity contribution in [2.75, 3.05) is 6.61 Å². The average molecular weight is 376 g/mol. The Hall–Kier alpha value is -1.21. The highest BCUT2D eigenvalue weighted by atomic mass is 16.6. The Morgan fingerprint density at radius 2 is 2.07 bits per heavy atom. The number of ether oxygens (including phenoxy) is 1. The normalized spacial score (nSPS) is 49.7. The van der Waals surface area contributed by atoms with Crippen molar-refractivity contribution in [3.05, 3.63) is 24.2 Å². The molecule has 3 N–H and O–H groups in total. The second kappa shape index (κ2) is 5.66. The standard InChI is InChI=1S/C21H28O6/c1-12-8-18(25)20-6-4-16(23)19(12,9-14(22)13-5-7-26-10-13)15(20)2-3-17(24)21(20)11-27-21/h5,7,10,12,14-15,17-18,22,24-25H,2-4,6,8-9,11H2,1H3/t12-,14+,15-,17+,18-,19-,20+,21-/m1/s1. The lowest BCUT2D eigenvalue weighted by molar-refractivity contribution is -0.241. The van der Waals surface area contributed by atoms with Crippen LogP contribution in [0.2, 0.25) is 0 Å². The Morgan fingerprint density at radius 3 is 2.74 bits per heavy atom. The maximum absolute atomic E-state index is 13.4. The number of hydrogen-bond acceptors (Lipinski definition) is 6. The van der Waals surface area contributed by atoms with Gasteiger partial charge >= 0.3 is 0 Å². The van der Waals surface area contributed by atoms with E-state index in [1.54, 1.807) is 6.07 Å². The van der Waals surface area contributed by atoms with Gasteiger partial charge in [0.2, 0.25) is 0 Å². The van der Waals surface area contributed by atoms with Crippen LogP contribution in [0.5, 0.6) is 0 Å². The lowest BCUT2D eigenvalue weighted by Crippen LogP contribution is -2.72. The lowest BCUT2D eigenvalue weighted by atomic mass is 9.37. The number of carbonyl (C=O) groups is 1. The van der Waals surface area contributed by atoms with Crippen molar-refractivity contribution in [3.8, 4) is 0 Å². The van der Waals surface area contributed by atoms with E-state index in [1.165, 1.54) is 12.5 Å². The smallest absolute Gasteiger partial charge is 0.139 e. The summed E-state index contributed by atoms with van der Waals surface area (Å²) >= 11 is 0. The summed E-state index contributed by atoms with van der Waals surface area (Å²) in [6.07, 6.45) is 4.09. The summed E-state index contributed by atoms with van der Waals surface area (Å²) in [7, 11) is 0. The van der Waals surface area contributed by atoms with E-state index in [0.717, 1.165) is 0 Å². The molecule has 2 heterocycles. The Labute approximate surface area is 158 Å². The van der Waals surface area contributed by atoms with Gasteiger partial charge in [-0.25, -0.2) is 0 Å². The van der Waals surface area contributed by atoms with Gasteiger partial charge in [0.15, 0.2) is 0 Å². The van der Waals surface area contributed by atoms with Gasteiger partial charge in [-0.3, -0.25) is 4.79 Å². The third kappa shape index (κ3) is 2.02. The summed E-state index contributed by atoms with van der Waals surface area (Å²) in [6.45, 7) is 2.48. The number of Topliss-reactive ketones (excluding diaryl/α,β-unsaturated/α-hetero) is 1. The van der Waals surface area contributed by atoms with Gasteiger partial charge < -0.3 is 24.5 Å². The maximum atomic E-state index is 13.4. The molecular formula is C21H28O6. The average Bonchev–Trinajstić information content (AvgIpc) is 3.24. The van der Waals surface area contributed by atoms with Crippen molar-refractivity contribution < 1.29 is 29.3 Å². The van der Waals surface area contributed by atoms with E-state index in [-0.39, 0.29) is 17.6 Å². The number of hydrogen-bond donors (Lipinski definition) is 3. The van der Waals surface area contributed by atoms with Gasteiger partial charge in [-0.05, 0) is 50.0 Å². The molecule has 8 atom stereocenters. The van der Waals surface area contributed by atoms with Gasteiger partial charge in [-0.15, -0.1) is 0 Å². The first-order valence-electron chi connectivity index (χ1n) is 10.1. The molecule has 3 aliphatic carbocycles. The van der Waals surface area contributed by atoms with Crippen LogP contribution in [-0.4, -0.2) is 45.5 Å². The zero-order valence-corrected chi connectivity index (χ0v) is 15.6. The Kier molecular flexibility index (Phi) is 3.74. The molecule has 2 bridgehead atoms. The Balaban J connectivity index is 1.61. The van der Waals surface area contributed by atoms with Crippen LogP contribution in [0.4, 0.5) is 0 Å². The summed E-state index contributed by atoms with van der Waals surface area (Å²) in [6, 6.07) is 1.74. The molecule has 0 radical (unpaired) electrons. The number of aliphatic hydroxyl groups is 3. The van der Waals surface area contributed by atoms with Crippen LogP contribution < -0.4 is 0 Å². The molecule has 1 aromatic rings. The summed E-state index contributed by atoms with van der Waals surface area (Å²) < 4.78 is 11.0. The Bertz CT molecular complexity index is 740. The number of furan rings is 1. The van der Waals surface area contributed by atoms with Gasteiger partial charge in [0, 0.05) is 22.8 Å². The van der Waals surface area contributed by atoms with Crippen LogP contribution in [-0.2, 0) is 9.53 Å². The van der Waals surface area contributed by atoms with E-state index in [9.17, 15) is 20.1 Å². The zero-order chi connectivity index (χ0) is 19.0. The first kappa shape index (κ1) is 17.9. The fraction of sp³-hybridized carbons (Fsp3) is 0.762. The summed E-state index contributed by atoms with van der Waals surface area (Å²) in [5, 5.41) is 32.8. The predicted octanol–water partition coefficient (Wildman–Crippen LogP) is 1.98. The molecule has 1 aliphatic heterocycles. The minimum absolute atomic E-state index is 0.0361. The number of ketones is 1. The minimum atomic E-state index is -0.788. The molecule has 1 saturated heterocycles. The van der Waals surface area contributed by atoms with Crippen molar-refractivity contribution in [2.45, 2.75) is 69.4 Å². The molecule has 1 spiro atoms. The fourth-order valence-corrected chi connectivity index (χ4v) is 7.22. The number of rotatable bonds is 3. The highest BCUT2D eigenvalue weighted by Crippen LogP contribution is 2.72. The summed E-state index contributed by atoms with van der Waals surface area (Å²) in [5.41, 5.74) is -1.34. The van der Waals surface area contributed by atoms with Crippen LogP contribution in [0.1, 0.15) is 57.1 Å². The molecule has 3 saturated carbocycles. The van der Waals surface area contributed by atoms with E-state index < -0.39 is 34.7 Å². The van der Waals surface area contributed by atoms with E-state index in [0.29, 0.717) is 50.7 Å². The molecule has 148 valence electrons. The van der Waals surface area contributed by atoms with Gasteiger partial charge in [-0.1, -0.05) is 6.92 Å². The largest absolute Gasteiger partial charge is 0.472 e.